The standard InChI is InChI=1S/C60H38N6O/c1-6-22-39(23-7-1)44-32-16-17-33-45(44)54-49(60-53(41-26-10-3-11-27-41)58(62-66-64-60)43-30-14-5-15-31-43)38-51-55(48-36-20-21-37-50(48)67-51)56(54)46-34-18-19-35-47(46)59-52(40-24-8-2-9-25-40)57(61-65-63-59)42-28-12-4-13-29-42/h1-38H. The minimum absolute atomic E-state index is 0.666. The Morgan fingerprint density at radius 3 is 1.18 bits per heavy atom. The first-order valence-electron chi connectivity index (χ1n) is 22.2. The van der Waals surface area contributed by atoms with Crippen LogP contribution in [0, 0.1) is 0 Å². The average molecular weight is 859 g/mol. The highest BCUT2D eigenvalue weighted by atomic mass is 16.3. The number of rotatable bonds is 9. The number of furan rings is 1. The third-order valence-electron chi connectivity index (χ3n) is 12.4. The highest BCUT2D eigenvalue weighted by Crippen LogP contribution is 2.53. The Morgan fingerprint density at radius 1 is 0.254 bits per heavy atom. The molecule has 67 heavy (non-hydrogen) atoms. The largest absolute Gasteiger partial charge is 0.456 e. The van der Waals surface area contributed by atoms with Gasteiger partial charge in [-0.3, -0.25) is 0 Å². The van der Waals surface area contributed by atoms with Crippen molar-refractivity contribution >= 4 is 21.9 Å². The predicted molar refractivity (Wildman–Crippen MR) is 269 cm³/mol. The van der Waals surface area contributed by atoms with Crippen LogP contribution in [0.3, 0.4) is 0 Å². The summed E-state index contributed by atoms with van der Waals surface area (Å²) in [7, 11) is 0. The smallest absolute Gasteiger partial charge is 0.136 e. The van der Waals surface area contributed by atoms with Crippen molar-refractivity contribution in [2.24, 2.45) is 0 Å². The highest BCUT2D eigenvalue weighted by Gasteiger charge is 2.30. The Bertz CT molecular complexity index is 3730. The van der Waals surface area contributed by atoms with Gasteiger partial charge in [0.15, 0.2) is 0 Å². The van der Waals surface area contributed by atoms with E-state index in [1.54, 1.807) is 0 Å². The molecule has 0 saturated heterocycles. The molecule has 7 heteroatoms. The lowest BCUT2D eigenvalue weighted by Crippen LogP contribution is -2.04. The lowest BCUT2D eigenvalue weighted by atomic mass is 9.80. The maximum Gasteiger partial charge on any atom is 0.136 e. The molecule has 0 bridgehead atoms. The summed E-state index contributed by atoms with van der Waals surface area (Å²) in [5, 5.41) is 30.5. The SMILES string of the molecule is c1ccc(-c2ccccc2-c2c(-c3nnnc(-c4ccccc4)c3-c3ccccc3)cc3oc4ccccc4c3c2-c2ccccc2-c2nnnc(-c3ccccc3)c2-c2ccccc2)cc1. The fourth-order valence-corrected chi connectivity index (χ4v) is 9.48. The van der Waals surface area contributed by atoms with Gasteiger partial charge in [-0.2, -0.15) is 0 Å². The Kier molecular flexibility index (Phi) is 10.0. The van der Waals surface area contributed by atoms with Gasteiger partial charge < -0.3 is 4.42 Å². The first-order chi connectivity index (χ1) is 33.3. The molecular formula is C60H38N6O. The third-order valence-corrected chi connectivity index (χ3v) is 12.4. The van der Waals surface area contributed by atoms with Gasteiger partial charge in [0.1, 0.15) is 33.9 Å². The molecule has 0 amide bonds. The van der Waals surface area contributed by atoms with Crippen molar-refractivity contribution in [3.63, 3.8) is 0 Å². The fraction of sp³-hybridized carbons (Fsp3) is 0. The molecule has 0 N–H and O–H groups in total. The van der Waals surface area contributed by atoms with Crippen LogP contribution in [0.15, 0.2) is 235 Å². The number of benzene rings is 9. The van der Waals surface area contributed by atoms with Crippen LogP contribution in [0.1, 0.15) is 0 Å². The van der Waals surface area contributed by atoms with Gasteiger partial charge in [0, 0.05) is 55.3 Å². The highest BCUT2D eigenvalue weighted by molar-refractivity contribution is 6.21. The summed E-state index contributed by atoms with van der Waals surface area (Å²) in [5.74, 6) is 0. The van der Waals surface area contributed by atoms with Crippen LogP contribution >= 0.6 is 0 Å². The summed E-state index contributed by atoms with van der Waals surface area (Å²) in [5.41, 5.74) is 17.5. The number of aromatic nitrogens is 6. The quantitative estimate of drug-likeness (QED) is 0.143. The lowest BCUT2D eigenvalue weighted by molar-refractivity contribution is 0.669. The summed E-state index contributed by atoms with van der Waals surface area (Å²) in [6, 6.07) is 79.2. The van der Waals surface area contributed by atoms with Crippen LogP contribution in [0.2, 0.25) is 0 Å². The minimum atomic E-state index is 0.666. The number of fused-ring (bicyclic) bond motifs is 3. The van der Waals surface area contributed by atoms with E-state index in [1.807, 2.05) is 84.9 Å². The van der Waals surface area contributed by atoms with Gasteiger partial charge in [-0.25, -0.2) is 0 Å². The molecule has 0 unspecified atom stereocenters. The Hall–Kier alpha value is -9.20. The summed E-state index contributed by atoms with van der Waals surface area (Å²) in [6.07, 6.45) is 0. The van der Waals surface area contributed by atoms with Gasteiger partial charge in [0.05, 0.1) is 0 Å². The summed E-state index contributed by atoms with van der Waals surface area (Å²) in [6.45, 7) is 0. The second-order valence-corrected chi connectivity index (χ2v) is 16.3. The number of para-hydroxylation sites is 1. The van der Waals surface area contributed by atoms with Gasteiger partial charge in [-0.15, -0.1) is 20.4 Å². The van der Waals surface area contributed by atoms with Crippen LogP contribution in [0.25, 0.3) is 123 Å². The molecule has 0 aliphatic carbocycles. The predicted octanol–water partition coefficient (Wildman–Crippen LogP) is 15.0. The van der Waals surface area contributed by atoms with E-state index in [0.717, 1.165) is 106 Å². The van der Waals surface area contributed by atoms with E-state index in [9.17, 15) is 0 Å². The zero-order chi connectivity index (χ0) is 44.5. The van der Waals surface area contributed by atoms with E-state index >= 15 is 0 Å². The van der Waals surface area contributed by atoms with Crippen LogP contribution in [-0.4, -0.2) is 30.8 Å². The molecular weight excluding hydrogens is 821 g/mol. The van der Waals surface area contributed by atoms with E-state index in [0.29, 0.717) is 17.0 Å². The molecule has 3 heterocycles. The molecule has 3 aromatic heterocycles. The van der Waals surface area contributed by atoms with Crippen molar-refractivity contribution in [1.82, 2.24) is 30.8 Å². The molecule has 0 saturated carbocycles. The van der Waals surface area contributed by atoms with Crippen LogP contribution in [0.5, 0.6) is 0 Å². The molecule has 0 fully saturated rings. The maximum absolute atomic E-state index is 6.96. The number of hydrogen-bond donors (Lipinski definition) is 0. The van der Waals surface area contributed by atoms with Crippen LogP contribution in [-0.2, 0) is 0 Å². The number of nitrogens with zero attached hydrogens (tertiary/aromatic N) is 6. The van der Waals surface area contributed by atoms with Crippen molar-refractivity contribution in [1.29, 1.82) is 0 Å². The topological polar surface area (TPSA) is 90.5 Å². The van der Waals surface area contributed by atoms with E-state index in [-0.39, 0.29) is 0 Å². The molecule has 9 aromatic carbocycles. The van der Waals surface area contributed by atoms with Gasteiger partial charge in [0.2, 0.25) is 0 Å². The average Bonchev–Trinajstić information content (AvgIpc) is 3.79. The van der Waals surface area contributed by atoms with Gasteiger partial charge in [0.25, 0.3) is 0 Å². The van der Waals surface area contributed by atoms with E-state index in [4.69, 9.17) is 24.8 Å². The van der Waals surface area contributed by atoms with Crippen molar-refractivity contribution in [3.8, 4) is 101 Å². The zero-order valence-corrected chi connectivity index (χ0v) is 36.0. The summed E-state index contributed by atoms with van der Waals surface area (Å²) in [4.78, 5) is 0. The fourth-order valence-electron chi connectivity index (χ4n) is 9.48. The van der Waals surface area contributed by atoms with Crippen molar-refractivity contribution in [2.75, 3.05) is 0 Å². The minimum Gasteiger partial charge on any atom is -0.456 e. The first kappa shape index (κ1) is 39.4. The summed E-state index contributed by atoms with van der Waals surface area (Å²) >= 11 is 0. The molecule has 0 aliphatic rings. The zero-order valence-electron chi connectivity index (χ0n) is 36.0. The normalized spacial score (nSPS) is 11.3. The van der Waals surface area contributed by atoms with E-state index < -0.39 is 0 Å². The van der Waals surface area contributed by atoms with Crippen molar-refractivity contribution < 1.29 is 4.42 Å². The second kappa shape index (κ2) is 17.1. The second-order valence-electron chi connectivity index (χ2n) is 16.3. The first-order valence-corrected chi connectivity index (χ1v) is 22.2. The molecule has 0 spiro atoms. The molecule has 0 radical (unpaired) electrons. The summed E-state index contributed by atoms with van der Waals surface area (Å²) < 4.78 is 6.96. The Balaban J connectivity index is 1.27. The van der Waals surface area contributed by atoms with Crippen LogP contribution < -0.4 is 0 Å². The Labute approximate surface area is 386 Å². The van der Waals surface area contributed by atoms with Gasteiger partial charge in [-0.1, -0.05) is 218 Å². The number of hydrogen-bond acceptors (Lipinski definition) is 7. The molecule has 0 atom stereocenters. The molecule has 12 rings (SSSR count). The molecule has 0 aliphatic heterocycles. The molecule has 314 valence electrons. The maximum atomic E-state index is 6.96. The third kappa shape index (κ3) is 7.03. The molecule has 7 nitrogen and oxygen atoms in total. The lowest BCUT2D eigenvalue weighted by Gasteiger charge is -2.23. The monoisotopic (exact) mass is 858 g/mol. The van der Waals surface area contributed by atoms with Crippen molar-refractivity contribution in [2.45, 2.75) is 0 Å². The van der Waals surface area contributed by atoms with Crippen molar-refractivity contribution in [3.05, 3.63) is 231 Å². The van der Waals surface area contributed by atoms with Gasteiger partial charge in [-0.05, 0) is 55.9 Å². The molecule has 12 aromatic rings. The van der Waals surface area contributed by atoms with E-state index in [1.165, 1.54) is 0 Å². The van der Waals surface area contributed by atoms with Crippen LogP contribution in [0.4, 0.5) is 0 Å². The Morgan fingerprint density at radius 2 is 0.642 bits per heavy atom. The van der Waals surface area contributed by atoms with Gasteiger partial charge >= 0.3 is 0 Å². The van der Waals surface area contributed by atoms with E-state index in [2.05, 4.69) is 156 Å².